The molecule has 0 fully saturated rings. The highest BCUT2D eigenvalue weighted by molar-refractivity contribution is 6.31. The number of carbonyl (C=O) groups is 1. The number of halogens is 1. The Morgan fingerprint density at radius 2 is 2.00 bits per heavy atom. The van der Waals surface area contributed by atoms with Crippen molar-refractivity contribution in [2.24, 2.45) is 5.10 Å². The van der Waals surface area contributed by atoms with E-state index in [1.54, 1.807) is 30.6 Å². The van der Waals surface area contributed by atoms with Gasteiger partial charge in [0.05, 0.1) is 6.21 Å². The number of aryl methyl sites for hydroxylation is 1. The van der Waals surface area contributed by atoms with Crippen LogP contribution >= 0.6 is 11.6 Å². The van der Waals surface area contributed by atoms with Gasteiger partial charge in [0, 0.05) is 28.5 Å². The lowest BCUT2D eigenvalue weighted by molar-refractivity contribution is 0.0955. The number of carbonyl (C=O) groups excluding carboxylic acids is 1. The first kappa shape index (κ1) is 16.0. The molecule has 0 radical (unpaired) electrons. The van der Waals surface area contributed by atoms with Gasteiger partial charge in [0.1, 0.15) is 11.5 Å². The first-order valence-corrected chi connectivity index (χ1v) is 7.61. The molecule has 0 saturated heterocycles. The highest BCUT2D eigenvalue weighted by Crippen LogP contribution is 2.26. The Morgan fingerprint density at radius 3 is 2.75 bits per heavy atom. The SMILES string of the molecule is Cc1ccc(-c2ccc(/C=N\NC(=O)c3ccncc3)o2)cc1Cl. The van der Waals surface area contributed by atoms with Crippen LogP contribution in [-0.2, 0) is 0 Å². The van der Waals surface area contributed by atoms with Crippen LogP contribution < -0.4 is 5.43 Å². The van der Waals surface area contributed by atoms with Gasteiger partial charge < -0.3 is 4.42 Å². The smallest absolute Gasteiger partial charge is 0.271 e. The van der Waals surface area contributed by atoms with E-state index in [0.717, 1.165) is 11.1 Å². The van der Waals surface area contributed by atoms with Crippen molar-refractivity contribution in [3.63, 3.8) is 0 Å². The molecule has 120 valence electrons. The standard InChI is InChI=1S/C18H14ClN3O2/c1-12-2-3-14(10-16(12)19)17-5-4-15(24-17)11-21-22-18(23)13-6-8-20-9-7-13/h2-11H,1H3,(H,22,23)/b21-11-. The molecule has 1 N–H and O–H groups in total. The highest BCUT2D eigenvalue weighted by atomic mass is 35.5. The molecule has 2 aromatic heterocycles. The Morgan fingerprint density at radius 1 is 1.21 bits per heavy atom. The van der Waals surface area contributed by atoms with Crippen molar-refractivity contribution in [3.8, 4) is 11.3 Å². The minimum Gasteiger partial charge on any atom is -0.455 e. The molecule has 0 aliphatic heterocycles. The largest absolute Gasteiger partial charge is 0.455 e. The Balaban J connectivity index is 1.67. The average molecular weight is 340 g/mol. The van der Waals surface area contributed by atoms with Crippen molar-refractivity contribution in [1.29, 1.82) is 0 Å². The van der Waals surface area contributed by atoms with Crippen LogP contribution in [0.2, 0.25) is 5.02 Å². The van der Waals surface area contributed by atoms with Gasteiger partial charge in [-0.1, -0.05) is 23.7 Å². The summed E-state index contributed by atoms with van der Waals surface area (Å²) in [4.78, 5) is 15.7. The zero-order chi connectivity index (χ0) is 16.9. The lowest BCUT2D eigenvalue weighted by atomic mass is 10.1. The van der Waals surface area contributed by atoms with Crippen LogP contribution in [0.1, 0.15) is 21.7 Å². The van der Waals surface area contributed by atoms with Crippen molar-refractivity contribution in [2.45, 2.75) is 6.92 Å². The monoisotopic (exact) mass is 339 g/mol. The maximum absolute atomic E-state index is 11.8. The van der Waals surface area contributed by atoms with Crippen LogP contribution in [0.3, 0.4) is 0 Å². The number of aromatic nitrogens is 1. The molecule has 0 saturated carbocycles. The second-order valence-electron chi connectivity index (χ2n) is 5.10. The summed E-state index contributed by atoms with van der Waals surface area (Å²) in [6.45, 7) is 1.94. The summed E-state index contributed by atoms with van der Waals surface area (Å²) in [5, 5.41) is 4.58. The molecule has 24 heavy (non-hydrogen) atoms. The van der Waals surface area contributed by atoms with Crippen LogP contribution in [0.25, 0.3) is 11.3 Å². The van der Waals surface area contributed by atoms with Gasteiger partial charge in [-0.25, -0.2) is 5.43 Å². The van der Waals surface area contributed by atoms with Crippen molar-refractivity contribution in [1.82, 2.24) is 10.4 Å². The molecule has 1 aromatic carbocycles. The van der Waals surface area contributed by atoms with Crippen LogP contribution in [0.4, 0.5) is 0 Å². The minimum absolute atomic E-state index is 0.314. The lowest BCUT2D eigenvalue weighted by Gasteiger charge is -2.00. The summed E-state index contributed by atoms with van der Waals surface area (Å²) in [5.41, 5.74) is 4.81. The zero-order valence-corrected chi connectivity index (χ0v) is 13.6. The maximum Gasteiger partial charge on any atom is 0.271 e. The van der Waals surface area contributed by atoms with Crippen molar-refractivity contribution < 1.29 is 9.21 Å². The summed E-state index contributed by atoms with van der Waals surface area (Å²) in [5.74, 6) is 0.890. The Bertz CT molecular complexity index is 888. The van der Waals surface area contributed by atoms with E-state index in [1.807, 2.05) is 31.2 Å². The molecule has 2 heterocycles. The van der Waals surface area contributed by atoms with Crippen molar-refractivity contribution >= 4 is 23.7 Å². The van der Waals surface area contributed by atoms with Gasteiger partial charge in [-0.15, -0.1) is 0 Å². The van der Waals surface area contributed by atoms with E-state index in [2.05, 4.69) is 15.5 Å². The molecule has 0 aliphatic carbocycles. The minimum atomic E-state index is -0.314. The van der Waals surface area contributed by atoms with Gasteiger partial charge in [-0.2, -0.15) is 5.10 Å². The Labute approximate surface area is 144 Å². The number of benzene rings is 1. The maximum atomic E-state index is 11.8. The van der Waals surface area contributed by atoms with Crippen LogP contribution in [-0.4, -0.2) is 17.1 Å². The van der Waals surface area contributed by atoms with E-state index in [-0.39, 0.29) is 5.91 Å². The summed E-state index contributed by atoms with van der Waals surface area (Å²) in [6, 6.07) is 12.5. The predicted octanol–water partition coefficient (Wildman–Crippen LogP) is 4.07. The highest BCUT2D eigenvalue weighted by Gasteiger charge is 2.06. The first-order chi connectivity index (χ1) is 11.6. The Hall–Kier alpha value is -2.92. The number of hydrazone groups is 1. The number of nitrogens with zero attached hydrogens (tertiary/aromatic N) is 2. The van der Waals surface area contributed by atoms with Crippen LogP contribution in [0.5, 0.6) is 0 Å². The van der Waals surface area contributed by atoms with Gasteiger partial charge in [0.25, 0.3) is 5.91 Å². The number of nitrogens with one attached hydrogen (secondary N) is 1. The van der Waals surface area contributed by atoms with E-state index in [4.69, 9.17) is 16.0 Å². The number of pyridine rings is 1. The fourth-order valence-corrected chi connectivity index (χ4v) is 2.23. The van der Waals surface area contributed by atoms with Crippen molar-refractivity contribution in [2.75, 3.05) is 0 Å². The molecule has 0 unspecified atom stereocenters. The number of hydrogen-bond acceptors (Lipinski definition) is 4. The van der Waals surface area contributed by atoms with Gasteiger partial charge in [0.2, 0.25) is 0 Å². The number of rotatable bonds is 4. The molecular weight excluding hydrogens is 326 g/mol. The van der Waals surface area contributed by atoms with Crippen LogP contribution in [0.15, 0.2) is 64.4 Å². The number of hydrogen-bond donors (Lipinski definition) is 1. The summed E-state index contributed by atoms with van der Waals surface area (Å²) in [6.07, 6.45) is 4.53. The van der Waals surface area contributed by atoms with Gasteiger partial charge >= 0.3 is 0 Å². The summed E-state index contributed by atoms with van der Waals surface area (Å²) >= 11 is 6.13. The molecule has 0 atom stereocenters. The predicted molar refractivity (Wildman–Crippen MR) is 93.2 cm³/mol. The van der Waals surface area contributed by atoms with Gasteiger partial charge in [-0.3, -0.25) is 9.78 Å². The fraction of sp³-hybridized carbons (Fsp3) is 0.0556. The molecule has 3 aromatic rings. The third kappa shape index (κ3) is 3.70. The molecule has 1 amide bonds. The molecule has 0 bridgehead atoms. The zero-order valence-electron chi connectivity index (χ0n) is 12.9. The first-order valence-electron chi connectivity index (χ1n) is 7.23. The van der Waals surface area contributed by atoms with Crippen molar-refractivity contribution in [3.05, 3.63) is 76.8 Å². The lowest BCUT2D eigenvalue weighted by Crippen LogP contribution is -2.17. The second kappa shape index (κ2) is 7.10. The number of furan rings is 1. The topological polar surface area (TPSA) is 67.5 Å². The normalized spacial score (nSPS) is 10.9. The quantitative estimate of drug-likeness (QED) is 0.575. The second-order valence-corrected chi connectivity index (χ2v) is 5.51. The van der Waals surface area contributed by atoms with Gasteiger partial charge in [-0.05, 0) is 42.8 Å². The molecule has 0 aliphatic rings. The molecule has 6 heteroatoms. The summed E-state index contributed by atoms with van der Waals surface area (Å²) < 4.78 is 5.68. The van der Waals surface area contributed by atoms with E-state index in [0.29, 0.717) is 22.1 Å². The third-order valence-electron chi connectivity index (χ3n) is 3.38. The molecule has 0 spiro atoms. The fourth-order valence-electron chi connectivity index (χ4n) is 2.05. The van der Waals surface area contributed by atoms with E-state index >= 15 is 0 Å². The number of amides is 1. The van der Waals surface area contributed by atoms with E-state index in [1.165, 1.54) is 6.21 Å². The molecular formula is C18H14ClN3O2. The summed E-state index contributed by atoms with van der Waals surface area (Å²) in [7, 11) is 0. The van der Waals surface area contributed by atoms with Gasteiger partial charge in [0.15, 0.2) is 0 Å². The van der Waals surface area contributed by atoms with Crippen LogP contribution in [0, 0.1) is 6.92 Å². The average Bonchev–Trinajstić information content (AvgIpc) is 3.07. The third-order valence-corrected chi connectivity index (χ3v) is 3.79. The van der Waals surface area contributed by atoms with E-state index < -0.39 is 0 Å². The molecule has 5 nitrogen and oxygen atoms in total. The van der Waals surface area contributed by atoms with E-state index in [9.17, 15) is 4.79 Å². The Kier molecular flexibility index (Phi) is 4.72. The molecule has 3 rings (SSSR count).